The molecule has 0 aliphatic carbocycles. The summed E-state index contributed by atoms with van der Waals surface area (Å²) in [6, 6.07) is 5.69. The summed E-state index contributed by atoms with van der Waals surface area (Å²) in [7, 11) is 0. The number of carbonyl (C=O) groups is 1. The molecule has 2 rings (SSSR count). The number of hydrogen-bond donors (Lipinski definition) is 1. The van der Waals surface area contributed by atoms with E-state index in [2.05, 4.69) is 17.0 Å². The van der Waals surface area contributed by atoms with Gasteiger partial charge in [-0.3, -0.25) is 4.79 Å². The number of piperazine rings is 1. The monoisotopic (exact) mass is 316 g/mol. The largest absolute Gasteiger partial charge is 0.573 e. The Bertz CT molecular complexity index is 520. The molecule has 1 heterocycles. The minimum Gasteiger partial charge on any atom is -0.406 e. The van der Waals surface area contributed by atoms with Gasteiger partial charge in [0.15, 0.2) is 0 Å². The lowest BCUT2D eigenvalue weighted by Gasteiger charge is -2.33. The van der Waals surface area contributed by atoms with Crippen molar-refractivity contribution in [3.8, 4) is 5.75 Å². The number of unbranched alkanes of at least 4 members (excludes halogenated alkanes) is 1. The summed E-state index contributed by atoms with van der Waals surface area (Å²) in [6.45, 7) is 2.73. The van der Waals surface area contributed by atoms with E-state index >= 15 is 0 Å². The molecule has 22 heavy (non-hydrogen) atoms. The van der Waals surface area contributed by atoms with Crippen molar-refractivity contribution < 1.29 is 22.7 Å². The standard InChI is InChI=1S/C15H19F3N2O2/c1-2-3-5-11-10-20(14(21)9-19-11)12-6-4-7-13(8-12)22-15(16,17)18/h4,6-8,11,19H,2-3,5,9-10H2,1H3. The molecular formula is C15H19F3N2O2. The van der Waals surface area contributed by atoms with Crippen LogP contribution in [0.25, 0.3) is 0 Å². The van der Waals surface area contributed by atoms with Crippen LogP contribution < -0.4 is 15.0 Å². The van der Waals surface area contributed by atoms with Gasteiger partial charge in [0.2, 0.25) is 5.91 Å². The van der Waals surface area contributed by atoms with Crippen LogP contribution in [0.5, 0.6) is 5.75 Å². The third-order valence-corrected chi connectivity index (χ3v) is 3.51. The van der Waals surface area contributed by atoms with Crippen LogP contribution in [0.3, 0.4) is 0 Å². The van der Waals surface area contributed by atoms with Gasteiger partial charge in [-0.1, -0.05) is 25.8 Å². The quantitative estimate of drug-likeness (QED) is 0.908. The van der Waals surface area contributed by atoms with Gasteiger partial charge in [0.05, 0.1) is 6.54 Å². The van der Waals surface area contributed by atoms with Gasteiger partial charge in [-0.05, 0) is 18.6 Å². The summed E-state index contributed by atoms with van der Waals surface area (Å²) >= 11 is 0. The zero-order valence-corrected chi connectivity index (χ0v) is 12.3. The molecule has 1 atom stereocenters. The van der Waals surface area contributed by atoms with Crippen molar-refractivity contribution in [2.24, 2.45) is 0 Å². The van der Waals surface area contributed by atoms with Crippen molar-refractivity contribution in [3.05, 3.63) is 24.3 Å². The molecule has 1 fully saturated rings. The van der Waals surface area contributed by atoms with Gasteiger partial charge in [-0.25, -0.2) is 0 Å². The number of nitrogens with one attached hydrogen (secondary N) is 1. The van der Waals surface area contributed by atoms with Crippen molar-refractivity contribution in [2.45, 2.75) is 38.6 Å². The highest BCUT2D eigenvalue weighted by molar-refractivity contribution is 5.95. The van der Waals surface area contributed by atoms with E-state index in [1.807, 2.05) is 0 Å². The molecule has 0 radical (unpaired) electrons. The Morgan fingerprint density at radius 3 is 2.86 bits per heavy atom. The summed E-state index contributed by atoms with van der Waals surface area (Å²) in [5.74, 6) is -0.474. The minimum absolute atomic E-state index is 0.156. The summed E-state index contributed by atoms with van der Waals surface area (Å²) in [6.07, 6.45) is -1.72. The predicted molar refractivity (Wildman–Crippen MR) is 76.8 cm³/mol. The molecule has 0 aromatic heterocycles. The fourth-order valence-corrected chi connectivity index (χ4v) is 2.46. The van der Waals surface area contributed by atoms with Crippen LogP contribution in [0.2, 0.25) is 0 Å². The topological polar surface area (TPSA) is 41.6 Å². The number of hydrogen-bond acceptors (Lipinski definition) is 3. The van der Waals surface area contributed by atoms with Crippen LogP contribution in [-0.2, 0) is 4.79 Å². The first-order valence-corrected chi connectivity index (χ1v) is 7.28. The second-order valence-corrected chi connectivity index (χ2v) is 5.27. The first kappa shape index (κ1) is 16.6. The molecule has 1 amide bonds. The molecule has 0 saturated carbocycles. The van der Waals surface area contributed by atoms with Gasteiger partial charge < -0.3 is 15.0 Å². The van der Waals surface area contributed by atoms with Crippen molar-refractivity contribution in [2.75, 3.05) is 18.0 Å². The van der Waals surface area contributed by atoms with E-state index in [1.165, 1.54) is 23.1 Å². The van der Waals surface area contributed by atoms with Crippen LogP contribution in [0, 0.1) is 0 Å². The highest BCUT2D eigenvalue weighted by atomic mass is 19.4. The lowest BCUT2D eigenvalue weighted by Crippen LogP contribution is -2.54. The molecule has 1 aliphatic heterocycles. The number of rotatable bonds is 5. The average molecular weight is 316 g/mol. The van der Waals surface area contributed by atoms with E-state index in [9.17, 15) is 18.0 Å². The van der Waals surface area contributed by atoms with Gasteiger partial charge in [-0.2, -0.15) is 0 Å². The van der Waals surface area contributed by atoms with E-state index in [1.54, 1.807) is 6.07 Å². The van der Waals surface area contributed by atoms with Gasteiger partial charge >= 0.3 is 6.36 Å². The lowest BCUT2D eigenvalue weighted by molar-refractivity contribution is -0.274. The zero-order chi connectivity index (χ0) is 16.2. The molecule has 122 valence electrons. The van der Waals surface area contributed by atoms with Crippen molar-refractivity contribution in [3.63, 3.8) is 0 Å². The highest BCUT2D eigenvalue weighted by Gasteiger charge is 2.32. The smallest absolute Gasteiger partial charge is 0.406 e. The maximum atomic E-state index is 12.3. The molecule has 7 heteroatoms. The molecule has 0 spiro atoms. The molecular weight excluding hydrogens is 297 g/mol. The number of alkyl halides is 3. The number of nitrogens with zero attached hydrogens (tertiary/aromatic N) is 1. The third kappa shape index (κ3) is 4.62. The maximum Gasteiger partial charge on any atom is 0.573 e. The Balaban J connectivity index is 2.11. The number of benzene rings is 1. The van der Waals surface area contributed by atoms with E-state index in [-0.39, 0.29) is 24.2 Å². The Morgan fingerprint density at radius 2 is 2.18 bits per heavy atom. The Kier molecular flexibility index (Phi) is 5.28. The van der Waals surface area contributed by atoms with Crippen LogP contribution in [0.4, 0.5) is 18.9 Å². The second-order valence-electron chi connectivity index (χ2n) is 5.27. The van der Waals surface area contributed by atoms with Crippen molar-refractivity contribution in [1.29, 1.82) is 0 Å². The number of ether oxygens (including phenoxy) is 1. The fourth-order valence-electron chi connectivity index (χ4n) is 2.46. The van der Waals surface area contributed by atoms with Crippen molar-refractivity contribution >= 4 is 11.6 Å². The summed E-state index contributed by atoms with van der Waals surface area (Å²) < 4.78 is 40.7. The van der Waals surface area contributed by atoms with E-state index in [0.29, 0.717) is 12.2 Å². The Hall–Kier alpha value is -1.76. The summed E-state index contributed by atoms with van der Waals surface area (Å²) in [5, 5.41) is 3.15. The van der Waals surface area contributed by atoms with Gasteiger partial charge in [0, 0.05) is 24.3 Å². The fraction of sp³-hybridized carbons (Fsp3) is 0.533. The van der Waals surface area contributed by atoms with Gasteiger partial charge in [0.1, 0.15) is 5.75 Å². The second kappa shape index (κ2) is 7.00. The molecule has 1 saturated heterocycles. The van der Waals surface area contributed by atoms with Crippen molar-refractivity contribution in [1.82, 2.24) is 5.32 Å². The Labute approximate surface area is 127 Å². The van der Waals surface area contributed by atoms with E-state index < -0.39 is 6.36 Å². The molecule has 4 nitrogen and oxygen atoms in total. The number of amides is 1. The van der Waals surface area contributed by atoms with E-state index in [4.69, 9.17) is 0 Å². The van der Waals surface area contributed by atoms with E-state index in [0.717, 1.165) is 19.3 Å². The van der Waals surface area contributed by atoms with Gasteiger partial charge in [-0.15, -0.1) is 13.2 Å². The van der Waals surface area contributed by atoms with Crippen LogP contribution in [-0.4, -0.2) is 31.4 Å². The molecule has 1 aromatic rings. The molecule has 1 N–H and O–H groups in total. The molecule has 1 aliphatic rings. The molecule has 0 bridgehead atoms. The number of anilines is 1. The summed E-state index contributed by atoms with van der Waals surface area (Å²) in [5.41, 5.74) is 0.426. The lowest BCUT2D eigenvalue weighted by atomic mass is 10.1. The first-order valence-electron chi connectivity index (χ1n) is 7.28. The number of carbonyl (C=O) groups excluding carboxylic acids is 1. The zero-order valence-electron chi connectivity index (χ0n) is 12.3. The first-order chi connectivity index (χ1) is 10.4. The van der Waals surface area contributed by atoms with Crippen LogP contribution in [0.15, 0.2) is 24.3 Å². The maximum absolute atomic E-state index is 12.3. The normalized spacial score (nSPS) is 19.4. The van der Waals surface area contributed by atoms with Crippen LogP contribution >= 0.6 is 0 Å². The SMILES string of the molecule is CCCCC1CN(c2cccc(OC(F)(F)F)c2)C(=O)CN1. The van der Waals surface area contributed by atoms with Gasteiger partial charge in [0.25, 0.3) is 0 Å². The number of halogens is 3. The average Bonchev–Trinajstić information content (AvgIpc) is 2.45. The summed E-state index contributed by atoms with van der Waals surface area (Å²) in [4.78, 5) is 13.5. The minimum atomic E-state index is -4.74. The predicted octanol–water partition coefficient (Wildman–Crippen LogP) is 3.08. The Morgan fingerprint density at radius 1 is 1.41 bits per heavy atom. The molecule has 1 unspecified atom stereocenters. The third-order valence-electron chi connectivity index (χ3n) is 3.51. The molecule has 1 aromatic carbocycles. The highest BCUT2D eigenvalue weighted by Crippen LogP contribution is 2.27. The van der Waals surface area contributed by atoms with Crippen LogP contribution in [0.1, 0.15) is 26.2 Å².